The molecule has 1 aromatic carbocycles. The van der Waals surface area contributed by atoms with E-state index in [0.717, 1.165) is 5.56 Å². The molecule has 15 heavy (non-hydrogen) atoms. The summed E-state index contributed by atoms with van der Waals surface area (Å²) in [7, 11) is 0. The summed E-state index contributed by atoms with van der Waals surface area (Å²) in [4.78, 5) is 11.1. The number of rotatable bonds is 1. The molecule has 74 valence electrons. The van der Waals surface area contributed by atoms with Crippen LogP contribution in [0.4, 0.5) is 0 Å². The highest BCUT2D eigenvalue weighted by Crippen LogP contribution is 1.95. The zero-order valence-corrected chi connectivity index (χ0v) is 8.36. The van der Waals surface area contributed by atoms with Crippen LogP contribution in [0.2, 0.25) is 0 Å². The molecule has 1 rings (SSSR count). The maximum atomic E-state index is 11.1. The van der Waals surface area contributed by atoms with E-state index in [9.17, 15) is 4.79 Å². The second-order valence-corrected chi connectivity index (χ2v) is 2.83. The molecule has 0 spiro atoms. The van der Waals surface area contributed by atoms with Gasteiger partial charge in [-0.25, -0.2) is 4.79 Å². The Bertz CT molecular complexity index is 429. The van der Waals surface area contributed by atoms with Crippen LogP contribution in [0.15, 0.2) is 30.3 Å². The molecule has 0 saturated heterocycles. The van der Waals surface area contributed by atoms with Gasteiger partial charge in [-0.1, -0.05) is 30.0 Å². The van der Waals surface area contributed by atoms with Gasteiger partial charge in [0.2, 0.25) is 0 Å². The van der Waals surface area contributed by atoms with Gasteiger partial charge < -0.3 is 4.74 Å². The lowest BCUT2D eigenvalue weighted by Crippen LogP contribution is -2.10. The van der Waals surface area contributed by atoms with Crippen molar-refractivity contribution in [3.63, 3.8) is 0 Å². The van der Waals surface area contributed by atoms with Crippen LogP contribution in [-0.2, 0) is 9.53 Å². The molecule has 0 heterocycles. The Morgan fingerprint density at radius 3 is 2.67 bits per heavy atom. The summed E-state index contributed by atoms with van der Waals surface area (Å²) in [6.07, 6.45) is 4.51. The topological polar surface area (TPSA) is 26.3 Å². The fourth-order valence-corrected chi connectivity index (χ4v) is 0.869. The first-order valence-corrected chi connectivity index (χ1v) is 4.46. The van der Waals surface area contributed by atoms with Gasteiger partial charge in [-0.05, 0) is 19.1 Å². The SMILES string of the molecule is C#C[C@@H](C)OC(=O)C#Cc1ccccc1. The largest absolute Gasteiger partial charge is 0.440 e. The van der Waals surface area contributed by atoms with Gasteiger partial charge >= 0.3 is 5.97 Å². The van der Waals surface area contributed by atoms with Crippen LogP contribution in [0.5, 0.6) is 0 Å². The summed E-state index contributed by atoms with van der Waals surface area (Å²) in [5.74, 6) is 6.71. The van der Waals surface area contributed by atoms with Gasteiger partial charge in [-0.2, -0.15) is 0 Å². The van der Waals surface area contributed by atoms with E-state index in [2.05, 4.69) is 17.8 Å². The van der Waals surface area contributed by atoms with Gasteiger partial charge in [0.05, 0.1) is 0 Å². The third-order valence-electron chi connectivity index (χ3n) is 1.60. The summed E-state index contributed by atoms with van der Waals surface area (Å²) < 4.78 is 4.77. The van der Waals surface area contributed by atoms with E-state index < -0.39 is 12.1 Å². The smallest absolute Gasteiger partial charge is 0.385 e. The molecule has 0 unspecified atom stereocenters. The average Bonchev–Trinajstić information content (AvgIpc) is 2.27. The van der Waals surface area contributed by atoms with Gasteiger partial charge in [0.15, 0.2) is 6.10 Å². The van der Waals surface area contributed by atoms with Crippen LogP contribution in [0.1, 0.15) is 12.5 Å². The molecule has 1 atom stereocenters. The highest BCUT2D eigenvalue weighted by atomic mass is 16.5. The summed E-state index contributed by atoms with van der Waals surface area (Å²) in [6.45, 7) is 1.61. The monoisotopic (exact) mass is 198 g/mol. The lowest BCUT2D eigenvalue weighted by Gasteiger charge is -2.01. The van der Waals surface area contributed by atoms with Crippen LogP contribution >= 0.6 is 0 Å². The zero-order valence-electron chi connectivity index (χ0n) is 8.36. The van der Waals surface area contributed by atoms with Gasteiger partial charge in [0, 0.05) is 11.5 Å². The molecule has 0 aliphatic carbocycles. The first-order valence-electron chi connectivity index (χ1n) is 4.46. The van der Waals surface area contributed by atoms with E-state index in [1.807, 2.05) is 30.3 Å². The number of terminal acetylenes is 1. The van der Waals surface area contributed by atoms with Crippen LogP contribution in [0.3, 0.4) is 0 Å². The van der Waals surface area contributed by atoms with E-state index in [-0.39, 0.29) is 0 Å². The Morgan fingerprint density at radius 2 is 2.07 bits per heavy atom. The Balaban J connectivity index is 2.60. The highest BCUT2D eigenvalue weighted by molar-refractivity contribution is 5.89. The normalized spacial score (nSPS) is 10.4. The zero-order chi connectivity index (χ0) is 11.1. The van der Waals surface area contributed by atoms with Gasteiger partial charge in [0.1, 0.15) is 0 Å². The number of benzene rings is 1. The van der Waals surface area contributed by atoms with Crippen molar-refractivity contribution in [1.29, 1.82) is 0 Å². The molecular formula is C13H10O2. The molecular weight excluding hydrogens is 188 g/mol. The highest BCUT2D eigenvalue weighted by Gasteiger charge is 2.01. The molecule has 0 radical (unpaired) electrons. The molecule has 0 fully saturated rings. The minimum absolute atomic E-state index is 0.539. The molecule has 0 aliphatic rings. The summed E-state index contributed by atoms with van der Waals surface area (Å²) in [5, 5.41) is 0. The Hall–Kier alpha value is -2.19. The molecule has 0 N–H and O–H groups in total. The van der Waals surface area contributed by atoms with Gasteiger partial charge in [-0.15, -0.1) is 6.42 Å². The van der Waals surface area contributed by atoms with E-state index in [1.165, 1.54) is 0 Å². The molecule has 2 heteroatoms. The third kappa shape index (κ3) is 4.02. The predicted octanol–water partition coefficient (Wildman–Crippen LogP) is 1.60. The standard InChI is InChI=1S/C13H10O2/c1-3-11(2)15-13(14)10-9-12-7-5-4-6-8-12/h1,4-8,11H,2H3/t11-/m1/s1. The van der Waals surface area contributed by atoms with Crippen molar-refractivity contribution in [3.8, 4) is 24.2 Å². The van der Waals surface area contributed by atoms with Gasteiger partial charge in [-0.3, -0.25) is 0 Å². The second-order valence-electron chi connectivity index (χ2n) is 2.83. The molecule has 0 aliphatic heterocycles. The van der Waals surface area contributed by atoms with Gasteiger partial charge in [0.25, 0.3) is 0 Å². The van der Waals surface area contributed by atoms with Crippen LogP contribution in [0, 0.1) is 24.2 Å². The number of ether oxygens (including phenoxy) is 1. The number of carbonyl (C=O) groups excluding carboxylic acids is 1. The summed E-state index contributed by atoms with van der Waals surface area (Å²) >= 11 is 0. The minimum Gasteiger partial charge on any atom is -0.440 e. The lowest BCUT2D eigenvalue weighted by atomic mass is 10.2. The molecule has 0 bridgehead atoms. The van der Waals surface area contributed by atoms with Crippen LogP contribution in [0.25, 0.3) is 0 Å². The molecule has 0 amide bonds. The van der Waals surface area contributed by atoms with Crippen molar-refractivity contribution >= 4 is 5.97 Å². The Labute approximate surface area is 89.3 Å². The van der Waals surface area contributed by atoms with Crippen molar-refractivity contribution < 1.29 is 9.53 Å². The van der Waals surface area contributed by atoms with Crippen molar-refractivity contribution in [2.45, 2.75) is 13.0 Å². The van der Waals surface area contributed by atoms with E-state index in [0.29, 0.717) is 0 Å². The van der Waals surface area contributed by atoms with Crippen molar-refractivity contribution in [1.82, 2.24) is 0 Å². The number of esters is 1. The Morgan fingerprint density at radius 1 is 1.40 bits per heavy atom. The van der Waals surface area contributed by atoms with Crippen LogP contribution in [-0.4, -0.2) is 12.1 Å². The molecule has 0 saturated carbocycles. The number of hydrogen-bond acceptors (Lipinski definition) is 2. The second kappa shape index (κ2) is 5.52. The molecule has 1 aromatic rings. The maximum absolute atomic E-state index is 11.1. The maximum Gasteiger partial charge on any atom is 0.385 e. The third-order valence-corrected chi connectivity index (χ3v) is 1.60. The molecule has 2 nitrogen and oxygen atoms in total. The average molecular weight is 198 g/mol. The lowest BCUT2D eigenvalue weighted by molar-refractivity contribution is -0.138. The quantitative estimate of drug-likeness (QED) is 0.506. The number of carbonyl (C=O) groups is 1. The number of hydrogen-bond donors (Lipinski definition) is 0. The van der Waals surface area contributed by atoms with E-state index >= 15 is 0 Å². The Kier molecular flexibility index (Phi) is 4.01. The summed E-state index contributed by atoms with van der Waals surface area (Å²) in [5.41, 5.74) is 0.766. The van der Waals surface area contributed by atoms with Crippen molar-refractivity contribution in [2.24, 2.45) is 0 Å². The fourth-order valence-electron chi connectivity index (χ4n) is 0.869. The first kappa shape index (κ1) is 10.9. The van der Waals surface area contributed by atoms with E-state index in [1.54, 1.807) is 6.92 Å². The molecule has 0 aromatic heterocycles. The predicted molar refractivity (Wildman–Crippen MR) is 57.7 cm³/mol. The van der Waals surface area contributed by atoms with Crippen molar-refractivity contribution in [2.75, 3.05) is 0 Å². The summed E-state index contributed by atoms with van der Waals surface area (Å²) in [6, 6.07) is 9.19. The fraction of sp³-hybridized carbons (Fsp3) is 0.154. The van der Waals surface area contributed by atoms with Crippen LogP contribution < -0.4 is 0 Å². The van der Waals surface area contributed by atoms with Crippen molar-refractivity contribution in [3.05, 3.63) is 35.9 Å². The first-order chi connectivity index (χ1) is 7.22. The minimum atomic E-state index is -0.607. The van der Waals surface area contributed by atoms with E-state index in [4.69, 9.17) is 11.2 Å².